The zero-order chi connectivity index (χ0) is 9.97. The van der Waals surface area contributed by atoms with Gasteiger partial charge < -0.3 is 15.2 Å². The van der Waals surface area contributed by atoms with Crippen molar-refractivity contribution in [2.75, 3.05) is 13.1 Å². The Labute approximate surface area is 83.7 Å². The minimum absolute atomic E-state index is 0.246. The van der Waals surface area contributed by atoms with E-state index in [0.717, 1.165) is 30.8 Å². The molecule has 0 radical (unpaired) electrons. The van der Waals surface area contributed by atoms with Crippen LogP contribution in [0.15, 0.2) is 18.2 Å². The SMILES string of the molecule is Cc1c(O)cccc1OC1CCNC1. The smallest absolute Gasteiger partial charge is 0.126 e. The summed E-state index contributed by atoms with van der Waals surface area (Å²) in [6, 6.07) is 5.38. The predicted molar refractivity (Wildman–Crippen MR) is 54.7 cm³/mol. The Morgan fingerprint density at radius 2 is 2.36 bits per heavy atom. The Kier molecular flexibility index (Phi) is 2.59. The van der Waals surface area contributed by atoms with E-state index in [1.165, 1.54) is 0 Å². The Hall–Kier alpha value is -1.22. The van der Waals surface area contributed by atoms with Gasteiger partial charge in [-0.1, -0.05) is 6.07 Å². The van der Waals surface area contributed by atoms with Crippen LogP contribution in [0.4, 0.5) is 0 Å². The van der Waals surface area contributed by atoms with Crippen molar-refractivity contribution in [1.82, 2.24) is 5.32 Å². The zero-order valence-electron chi connectivity index (χ0n) is 8.29. The maximum absolute atomic E-state index is 9.48. The largest absolute Gasteiger partial charge is 0.508 e. The third-order valence-corrected chi connectivity index (χ3v) is 2.56. The van der Waals surface area contributed by atoms with E-state index >= 15 is 0 Å². The second kappa shape index (κ2) is 3.88. The normalized spacial score (nSPS) is 21.1. The van der Waals surface area contributed by atoms with E-state index in [1.54, 1.807) is 12.1 Å². The lowest BCUT2D eigenvalue weighted by Crippen LogP contribution is -2.19. The standard InChI is InChI=1S/C11H15NO2/c1-8-10(13)3-2-4-11(8)14-9-5-6-12-7-9/h2-4,9,12-13H,5-7H2,1H3. The summed E-state index contributed by atoms with van der Waals surface area (Å²) >= 11 is 0. The molecular weight excluding hydrogens is 178 g/mol. The summed E-state index contributed by atoms with van der Waals surface area (Å²) in [6.07, 6.45) is 1.28. The van der Waals surface area contributed by atoms with Crippen molar-refractivity contribution in [3.8, 4) is 11.5 Å². The van der Waals surface area contributed by atoms with E-state index in [0.29, 0.717) is 5.75 Å². The first-order chi connectivity index (χ1) is 6.77. The van der Waals surface area contributed by atoms with Crippen LogP contribution < -0.4 is 10.1 Å². The molecule has 1 heterocycles. The number of ether oxygens (including phenoxy) is 1. The molecule has 0 saturated carbocycles. The molecule has 0 bridgehead atoms. The van der Waals surface area contributed by atoms with Crippen LogP contribution in [0.5, 0.6) is 11.5 Å². The maximum atomic E-state index is 9.48. The molecule has 2 rings (SSSR count). The number of benzene rings is 1. The molecule has 0 aromatic heterocycles. The van der Waals surface area contributed by atoms with Gasteiger partial charge in [-0.05, 0) is 32.0 Å². The summed E-state index contributed by atoms with van der Waals surface area (Å²) in [7, 11) is 0. The van der Waals surface area contributed by atoms with Crippen LogP contribution in [-0.2, 0) is 0 Å². The molecule has 3 heteroatoms. The van der Waals surface area contributed by atoms with Gasteiger partial charge in [0.2, 0.25) is 0 Å². The fraction of sp³-hybridized carbons (Fsp3) is 0.455. The number of phenols is 1. The monoisotopic (exact) mass is 193 g/mol. The molecule has 3 nitrogen and oxygen atoms in total. The molecule has 14 heavy (non-hydrogen) atoms. The Morgan fingerprint density at radius 3 is 3.07 bits per heavy atom. The second-order valence-electron chi connectivity index (χ2n) is 3.63. The average Bonchev–Trinajstić information content (AvgIpc) is 2.66. The molecule has 1 saturated heterocycles. The van der Waals surface area contributed by atoms with Crippen molar-refractivity contribution in [2.24, 2.45) is 0 Å². The van der Waals surface area contributed by atoms with Crippen LogP contribution >= 0.6 is 0 Å². The lowest BCUT2D eigenvalue weighted by atomic mass is 10.2. The quantitative estimate of drug-likeness (QED) is 0.746. The number of hydrogen-bond donors (Lipinski definition) is 2. The lowest BCUT2D eigenvalue weighted by Gasteiger charge is -2.14. The lowest BCUT2D eigenvalue weighted by molar-refractivity contribution is 0.220. The minimum Gasteiger partial charge on any atom is -0.508 e. The van der Waals surface area contributed by atoms with Gasteiger partial charge in [0.25, 0.3) is 0 Å². The molecule has 1 fully saturated rings. The van der Waals surface area contributed by atoms with Crippen LogP contribution in [0.25, 0.3) is 0 Å². The van der Waals surface area contributed by atoms with Crippen molar-refractivity contribution < 1.29 is 9.84 Å². The van der Waals surface area contributed by atoms with Gasteiger partial charge in [0.05, 0.1) is 0 Å². The summed E-state index contributed by atoms with van der Waals surface area (Å²) in [5, 5.41) is 12.7. The molecule has 1 aliphatic rings. The van der Waals surface area contributed by atoms with Crippen molar-refractivity contribution in [3.63, 3.8) is 0 Å². The van der Waals surface area contributed by atoms with Gasteiger partial charge in [0, 0.05) is 12.1 Å². The molecule has 76 valence electrons. The molecule has 2 N–H and O–H groups in total. The molecular formula is C11H15NO2. The minimum atomic E-state index is 0.246. The van der Waals surface area contributed by atoms with E-state index in [-0.39, 0.29) is 6.10 Å². The van der Waals surface area contributed by atoms with Gasteiger partial charge >= 0.3 is 0 Å². The summed E-state index contributed by atoms with van der Waals surface area (Å²) in [5.41, 5.74) is 0.819. The van der Waals surface area contributed by atoms with Crippen LogP contribution in [0.1, 0.15) is 12.0 Å². The first-order valence-corrected chi connectivity index (χ1v) is 4.93. The van der Waals surface area contributed by atoms with Crippen LogP contribution in [0.2, 0.25) is 0 Å². The average molecular weight is 193 g/mol. The molecule has 0 spiro atoms. The molecule has 1 aromatic carbocycles. The van der Waals surface area contributed by atoms with Gasteiger partial charge in [-0.15, -0.1) is 0 Å². The third-order valence-electron chi connectivity index (χ3n) is 2.56. The Bertz CT molecular complexity index is 319. The molecule has 1 unspecified atom stereocenters. The van der Waals surface area contributed by atoms with Crippen molar-refractivity contribution >= 4 is 0 Å². The van der Waals surface area contributed by atoms with E-state index in [1.807, 2.05) is 13.0 Å². The highest BCUT2D eigenvalue weighted by Crippen LogP contribution is 2.27. The van der Waals surface area contributed by atoms with Crippen molar-refractivity contribution in [1.29, 1.82) is 0 Å². The highest BCUT2D eigenvalue weighted by Gasteiger charge is 2.17. The van der Waals surface area contributed by atoms with Gasteiger partial charge in [0.15, 0.2) is 0 Å². The zero-order valence-corrected chi connectivity index (χ0v) is 8.29. The van der Waals surface area contributed by atoms with Crippen LogP contribution in [-0.4, -0.2) is 24.3 Å². The van der Waals surface area contributed by atoms with E-state index in [9.17, 15) is 5.11 Å². The number of hydrogen-bond acceptors (Lipinski definition) is 3. The van der Waals surface area contributed by atoms with Crippen LogP contribution in [0.3, 0.4) is 0 Å². The first kappa shape index (κ1) is 9.34. The highest BCUT2D eigenvalue weighted by molar-refractivity contribution is 5.42. The molecule has 1 aliphatic heterocycles. The van der Waals surface area contributed by atoms with Crippen molar-refractivity contribution in [3.05, 3.63) is 23.8 Å². The van der Waals surface area contributed by atoms with Crippen molar-refractivity contribution in [2.45, 2.75) is 19.4 Å². The summed E-state index contributed by atoms with van der Waals surface area (Å²) in [4.78, 5) is 0. The van der Waals surface area contributed by atoms with Gasteiger partial charge in [-0.2, -0.15) is 0 Å². The molecule has 0 amide bonds. The summed E-state index contributed by atoms with van der Waals surface area (Å²) in [6.45, 7) is 3.78. The number of aromatic hydroxyl groups is 1. The maximum Gasteiger partial charge on any atom is 0.126 e. The molecule has 1 atom stereocenters. The first-order valence-electron chi connectivity index (χ1n) is 4.93. The number of rotatable bonds is 2. The van der Waals surface area contributed by atoms with E-state index in [4.69, 9.17) is 4.74 Å². The second-order valence-corrected chi connectivity index (χ2v) is 3.63. The van der Waals surface area contributed by atoms with E-state index < -0.39 is 0 Å². The number of nitrogens with one attached hydrogen (secondary N) is 1. The van der Waals surface area contributed by atoms with Gasteiger partial charge in [0.1, 0.15) is 17.6 Å². The highest BCUT2D eigenvalue weighted by atomic mass is 16.5. The summed E-state index contributed by atoms with van der Waals surface area (Å²) in [5.74, 6) is 1.09. The van der Waals surface area contributed by atoms with E-state index in [2.05, 4.69) is 5.32 Å². The Morgan fingerprint density at radius 1 is 1.50 bits per heavy atom. The Balaban J connectivity index is 2.11. The fourth-order valence-electron chi connectivity index (χ4n) is 1.64. The molecule has 0 aliphatic carbocycles. The fourth-order valence-corrected chi connectivity index (χ4v) is 1.64. The van der Waals surface area contributed by atoms with Crippen LogP contribution in [0, 0.1) is 6.92 Å². The topological polar surface area (TPSA) is 41.5 Å². The van der Waals surface area contributed by atoms with Gasteiger partial charge in [-0.25, -0.2) is 0 Å². The summed E-state index contributed by atoms with van der Waals surface area (Å²) < 4.78 is 5.76. The van der Waals surface area contributed by atoms with Gasteiger partial charge in [-0.3, -0.25) is 0 Å². The number of phenolic OH excluding ortho intramolecular Hbond substituents is 1. The predicted octanol–water partition coefficient (Wildman–Crippen LogP) is 1.44. The molecule has 1 aromatic rings. The third kappa shape index (κ3) is 1.82.